The number of nitrogens with zero attached hydrogens (tertiary/aromatic N) is 1. The molecule has 0 saturated heterocycles. The average Bonchev–Trinajstić information content (AvgIpc) is 2.40. The van der Waals surface area contributed by atoms with Gasteiger partial charge in [0.05, 0.1) is 11.6 Å². The fourth-order valence-electron chi connectivity index (χ4n) is 1.73. The molecule has 0 fully saturated rings. The summed E-state index contributed by atoms with van der Waals surface area (Å²) >= 11 is 0. The standard InChI is InChI=1S/C15H15FN2O/c1-10-3-5-12(6-4-10)11(2)18-15(19)13-7-8-14(16)17-9-13/h3-9,11H,1-2H3,(H,18,19). The van der Waals surface area contributed by atoms with E-state index >= 15 is 0 Å². The van der Waals surface area contributed by atoms with Crippen LogP contribution in [0.3, 0.4) is 0 Å². The van der Waals surface area contributed by atoms with Gasteiger partial charge in [-0.3, -0.25) is 4.79 Å². The van der Waals surface area contributed by atoms with E-state index in [4.69, 9.17) is 0 Å². The van der Waals surface area contributed by atoms with Crippen LogP contribution in [0.2, 0.25) is 0 Å². The number of halogens is 1. The summed E-state index contributed by atoms with van der Waals surface area (Å²) < 4.78 is 12.7. The summed E-state index contributed by atoms with van der Waals surface area (Å²) in [4.78, 5) is 15.4. The molecule has 0 aliphatic carbocycles. The lowest BCUT2D eigenvalue weighted by molar-refractivity contribution is 0.0939. The number of pyridine rings is 1. The number of hydrogen-bond donors (Lipinski definition) is 1. The van der Waals surface area contributed by atoms with Crippen LogP contribution in [0.4, 0.5) is 4.39 Å². The topological polar surface area (TPSA) is 42.0 Å². The highest BCUT2D eigenvalue weighted by Crippen LogP contribution is 2.13. The van der Waals surface area contributed by atoms with Crippen LogP contribution in [0, 0.1) is 12.9 Å². The highest BCUT2D eigenvalue weighted by Gasteiger charge is 2.11. The Balaban J connectivity index is 2.06. The first-order valence-electron chi connectivity index (χ1n) is 6.05. The molecule has 1 N–H and O–H groups in total. The molecule has 1 atom stereocenters. The maximum absolute atomic E-state index is 12.7. The third-order valence-corrected chi connectivity index (χ3v) is 2.91. The first-order chi connectivity index (χ1) is 9.06. The number of benzene rings is 1. The molecular formula is C15H15FN2O. The van der Waals surface area contributed by atoms with E-state index in [1.165, 1.54) is 23.9 Å². The molecule has 1 aromatic carbocycles. The summed E-state index contributed by atoms with van der Waals surface area (Å²) in [7, 11) is 0. The number of amides is 1. The molecule has 3 nitrogen and oxygen atoms in total. The van der Waals surface area contributed by atoms with Gasteiger partial charge in [0.1, 0.15) is 0 Å². The van der Waals surface area contributed by atoms with E-state index in [-0.39, 0.29) is 11.9 Å². The second-order valence-electron chi connectivity index (χ2n) is 4.48. The number of hydrogen-bond acceptors (Lipinski definition) is 2. The maximum atomic E-state index is 12.7. The van der Waals surface area contributed by atoms with Gasteiger partial charge in [-0.15, -0.1) is 0 Å². The van der Waals surface area contributed by atoms with E-state index in [9.17, 15) is 9.18 Å². The first kappa shape index (κ1) is 13.2. The Morgan fingerprint density at radius 3 is 2.47 bits per heavy atom. The van der Waals surface area contributed by atoms with Crippen molar-refractivity contribution in [2.45, 2.75) is 19.9 Å². The molecule has 1 aromatic heterocycles. The number of carbonyl (C=O) groups is 1. The summed E-state index contributed by atoms with van der Waals surface area (Å²) in [5.74, 6) is -0.858. The number of nitrogens with one attached hydrogen (secondary N) is 1. The zero-order valence-corrected chi connectivity index (χ0v) is 10.9. The summed E-state index contributed by atoms with van der Waals surface area (Å²) in [6.45, 7) is 3.91. The van der Waals surface area contributed by atoms with Crippen molar-refractivity contribution < 1.29 is 9.18 Å². The van der Waals surface area contributed by atoms with Gasteiger partial charge in [-0.25, -0.2) is 4.98 Å². The van der Waals surface area contributed by atoms with Crippen molar-refractivity contribution in [3.8, 4) is 0 Å². The molecule has 4 heteroatoms. The Hall–Kier alpha value is -2.23. The summed E-state index contributed by atoms with van der Waals surface area (Å²) in [6.07, 6.45) is 1.23. The SMILES string of the molecule is Cc1ccc(C(C)NC(=O)c2ccc(F)nc2)cc1. The van der Waals surface area contributed by atoms with Gasteiger partial charge in [-0.2, -0.15) is 4.39 Å². The lowest BCUT2D eigenvalue weighted by Crippen LogP contribution is -2.26. The zero-order valence-electron chi connectivity index (χ0n) is 10.9. The third kappa shape index (κ3) is 3.37. The minimum absolute atomic E-state index is 0.113. The molecule has 2 aromatic rings. The Kier molecular flexibility index (Phi) is 3.90. The number of rotatable bonds is 3. The molecule has 0 radical (unpaired) electrons. The number of carbonyl (C=O) groups excluding carboxylic acids is 1. The molecule has 2 rings (SSSR count). The van der Waals surface area contributed by atoms with Crippen molar-refractivity contribution in [2.75, 3.05) is 0 Å². The average molecular weight is 258 g/mol. The summed E-state index contributed by atoms with van der Waals surface area (Å²) in [5, 5.41) is 2.85. The van der Waals surface area contributed by atoms with Gasteiger partial charge >= 0.3 is 0 Å². The number of aromatic nitrogens is 1. The largest absolute Gasteiger partial charge is 0.345 e. The van der Waals surface area contributed by atoms with E-state index in [0.717, 1.165) is 5.56 Å². The molecule has 0 spiro atoms. The summed E-state index contributed by atoms with van der Waals surface area (Å²) in [6, 6.07) is 10.4. The Morgan fingerprint density at radius 2 is 1.89 bits per heavy atom. The van der Waals surface area contributed by atoms with Crippen LogP contribution >= 0.6 is 0 Å². The van der Waals surface area contributed by atoms with Gasteiger partial charge in [-0.1, -0.05) is 29.8 Å². The van der Waals surface area contributed by atoms with Gasteiger partial charge in [-0.05, 0) is 31.5 Å². The van der Waals surface area contributed by atoms with Crippen LogP contribution in [-0.4, -0.2) is 10.9 Å². The normalized spacial score (nSPS) is 11.9. The third-order valence-electron chi connectivity index (χ3n) is 2.91. The first-order valence-corrected chi connectivity index (χ1v) is 6.05. The van der Waals surface area contributed by atoms with E-state index < -0.39 is 5.95 Å². The van der Waals surface area contributed by atoms with E-state index in [1.54, 1.807) is 0 Å². The lowest BCUT2D eigenvalue weighted by atomic mass is 10.1. The highest BCUT2D eigenvalue weighted by atomic mass is 19.1. The predicted octanol–water partition coefficient (Wildman–Crippen LogP) is 3.02. The van der Waals surface area contributed by atoms with E-state index in [2.05, 4.69) is 10.3 Å². The van der Waals surface area contributed by atoms with Crippen LogP contribution in [0.25, 0.3) is 0 Å². The molecule has 1 amide bonds. The van der Waals surface area contributed by atoms with Crippen LogP contribution in [0.5, 0.6) is 0 Å². The fourth-order valence-corrected chi connectivity index (χ4v) is 1.73. The molecule has 0 saturated carbocycles. The predicted molar refractivity (Wildman–Crippen MR) is 71.3 cm³/mol. The van der Waals surface area contributed by atoms with Crippen molar-refractivity contribution >= 4 is 5.91 Å². The van der Waals surface area contributed by atoms with Crippen molar-refractivity contribution in [1.29, 1.82) is 0 Å². The van der Waals surface area contributed by atoms with Gasteiger partial charge < -0.3 is 5.32 Å². The van der Waals surface area contributed by atoms with Crippen LogP contribution in [0.15, 0.2) is 42.6 Å². The second kappa shape index (κ2) is 5.61. The van der Waals surface area contributed by atoms with Crippen LogP contribution in [-0.2, 0) is 0 Å². The Morgan fingerprint density at radius 1 is 1.21 bits per heavy atom. The zero-order chi connectivity index (χ0) is 13.8. The van der Waals surface area contributed by atoms with E-state index in [1.807, 2.05) is 38.1 Å². The summed E-state index contributed by atoms with van der Waals surface area (Å²) in [5.41, 5.74) is 2.54. The minimum Gasteiger partial charge on any atom is -0.345 e. The highest BCUT2D eigenvalue weighted by molar-refractivity contribution is 5.94. The molecule has 98 valence electrons. The van der Waals surface area contributed by atoms with Crippen molar-refractivity contribution in [2.24, 2.45) is 0 Å². The minimum atomic E-state index is -0.594. The van der Waals surface area contributed by atoms with Crippen molar-refractivity contribution in [3.05, 3.63) is 65.2 Å². The van der Waals surface area contributed by atoms with Gasteiger partial charge in [0.2, 0.25) is 5.95 Å². The van der Waals surface area contributed by atoms with Gasteiger partial charge in [0.15, 0.2) is 0 Å². The molecule has 1 heterocycles. The second-order valence-corrected chi connectivity index (χ2v) is 4.48. The Labute approximate surface area is 111 Å². The van der Waals surface area contributed by atoms with Crippen LogP contribution in [0.1, 0.15) is 34.5 Å². The van der Waals surface area contributed by atoms with Crippen molar-refractivity contribution in [3.63, 3.8) is 0 Å². The maximum Gasteiger partial charge on any atom is 0.253 e. The quantitative estimate of drug-likeness (QED) is 0.860. The lowest BCUT2D eigenvalue weighted by Gasteiger charge is -2.14. The van der Waals surface area contributed by atoms with Gasteiger partial charge in [0, 0.05) is 6.20 Å². The number of aryl methyl sites for hydroxylation is 1. The fraction of sp³-hybridized carbons (Fsp3) is 0.200. The molecule has 0 aliphatic rings. The molecule has 19 heavy (non-hydrogen) atoms. The smallest absolute Gasteiger partial charge is 0.253 e. The monoisotopic (exact) mass is 258 g/mol. The molecule has 0 bridgehead atoms. The van der Waals surface area contributed by atoms with Crippen LogP contribution < -0.4 is 5.32 Å². The van der Waals surface area contributed by atoms with Crippen molar-refractivity contribution in [1.82, 2.24) is 10.3 Å². The van der Waals surface area contributed by atoms with E-state index in [0.29, 0.717) is 5.56 Å². The molecule has 0 aliphatic heterocycles. The Bertz CT molecular complexity index is 564. The van der Waals surface area contributed by atoms with Gasteiger partial charge in [0.25, 0.3) is 5.91 Å². The molecule has 1 unspecified atom stereocenters. The molecular weight excluding hydrogens is 243 g/mol.